The SMILES string of the molecule is CC=NOCc1nc(C)ncc1/C(=C\C)C(=O)OC. The van der Waals surface area contributed by atoms with E-state index in [2.05, 4.69) is 15.1 Å². The van der Waals surface area contributed by atoms with Crippen LogP contribution in [0.25, 0.3) is 5.57 Å². The zero-order valence-corrected chi connectivity index (χ0v) is 11.5. The van der Waals surface area contributed by atoms with Crippen molar-refractivity contribution >= 4 is 17.8 Å². The smallest absolute Gasteiger partial charge is 0.338 e. The Kier molecular flexibility index (Phi) is 5.66. The summed E-state index contributed by atoms with van der Waals surface area (Å²) in [5, 5.41) is 3.67. The van der Waals surface area contributed by atoms with E-state index in [0.717, 1.165) is 0 Å². The van der Waals surface area contributed by atoms with Crippen LogP contribution in [0.15, 0.2) is 17.4 Å². The van der Waals surface area contributed by atoms with Crippen molar-refractivity contribution in [3.05, 3.63) is 29.4 Å². The third-order valence-corrected chi connectivity index (χ3v) is 2.35. The van der Waals surface area contributed by atoms with Crippen LogP contribution >= 0.6 is 0 Å². The number of aromatic nitrogens is 2. The summed E-state index contributed by atoms with van der Waals surface area (Å²) in [5.41, 5.74) is 1.59. The first kappa shape index (κ1) is 14.8. The number of nitrogens with zero attached hydrogens (tertiary/aromatic N) is 3. The van der Waals surface area contributed by atoms with E-state index in [1.165, 1.54) is 13.3 Å². The molecule has 0 atom stereocenters. The second-order valence-electron chi connectivity index (χ2n) is 3.61. The van der Waals surface area contributed by atoms with Gasteiger partial charge in [-0.1, -0.05) is 11.2 Å². The number of oxime groups is 1. The van der Waals surface area contributed by atoms with Crippen molar-refractivity contribution in [1.82, 2.24) is 9.97 Å². The predicted octanol–water partition coefficient (Wildman–Crippen LogP) is 1.88. The molecule has 0 unspecified atom stereocenters. The van der Waals surface area contributed by atoms with Crippen molar-refractivity contribution in [2.45, 2.75) is 27.4 Å². The number of carbonyl (C=O) groups is 1. The summed E-state index contributed by atoms with van der Waals surface area (Å²) in [4.78, 5) is 25.1. The summed E-state index contributed by atoms with van der Waals surface area (Å²) in [6.45, 7) is 5.43. The van der Waals surface area contributed by atoms with E-state index in [4.69, 9.17) is 9.57 Å². The van der Waals surface area contributed by atoms with Crippen LogP contribution in [-0.2, 0) is 21.0 Å². The van der Waals surface area contributed by atoms with Gasteiger partial charge in [-0.25, -0.2) is 14.8 Å². The molecule has 0 fully saturated rings. The summed E-state index contributed by atoms with van der Waals surface area (Å²) in [7, 11) is 1.33. The Hall–Kier alpha value is -2.24. The highest BCUT2D eigenvalue weighted by Gasteiger charge is 2.17. The topological polar surface area (TPSA) is 73.7 Å². The number of carbonyl (C=O) groups excluding carboxylic acids is 1. The van der Waals surface area contributed by atoms with Crippen LogP contribution in [0.1, 0.15) is 30.9 Å². The molecular formula is C13H17N3O3. The van der Waals surface area contributed by atoms with Gasteiger partial charge in [0.05, 0.1) is 18.4 Å². The Morgan fingerprint density at radius 1 is 1.47 bits per heavy atom. The number of methoxy groups -OCH3 is 1. The average molecular weight is 263 g/mol. The summed E-state index contributed by atoms with van der Waals surface area (Å²) in [6, 6.07) is 0. The molecule has 0 aromatic carbocycles. The van der Waals surface area contributed by atoms with Gasteiger partial charge in [0.25, 0.3) is 0 Å². The van der Waals surface area contributed by atoms with Gasteiger partial charge < -0.3 is 9.57 Å². The maximum Gasteiger partial charge on any atom is 0.338 e. The Labute approximate surface area is 112 Å². The molecule has 6 heteroatoms. The van der Waals surface area contributed by atoms with Crippen LogP contribution < -0.4 is 0 Å². The highest BCUT2D eigenvalue weighted by atomic mass is 16.6. The van der Waals surface area contributed by atoms with Crippen LogP contribution in [0.2, 0.25) is 0 Å². The highest BCUT2D eigenvalue weighted by molar-refractivity contribution is 6.16. The van der Waals surface area contributed by atoms with Gasteiger partial charge in [-0.2, -0.15) is 0 Å². The van der Waals surface area contributed by atoms with E-state index >= 15 is 0 Å². The molecule has 0 aliphatic carbocycles. The number of rotatable bonds is 5. The van der Waals surface area contributed by atoms with Crippen LogP contribution in [0.4, 0.5) is 0 Å². The second kappa shape index (κ2) is 7.25. The minimum absolute atomic E-state index is 0.164. The minimum atomic E-state index is -0.435. The number of aryl methyl sites for hydroxylation is 1. The molecule has 0 saturated carbocycles. The van der Waals surface area contributed by atoms with Crippen LogP contribution in [0.3, 0.4) is 0 Å². The van der Waals surface area contributed by atoms with Crippen molar-refractivity contribution in [1.29, 1.82) is 0 Å². The molecule has 0 radical (unpaired) electrons. The monoisotopic (exact) mass is 263 g/mol. The van der Waals surface area contributed by atoms with Gasteiger partial charge >= 0.3 is 5.97 Å². The van der Waals surface area contributed by atoms with Gasteiger partial charge in [0.2, 0.25) is 0 Å². The molecule has 1 aromatic rings. The van der Waals surface area contributed by atoms with Gasteiger partial charge in [0.15, 0.2) is 6.61 Å². The van der Waals surface area contributed by atoms with Crippen molar-refractivity contribution in [3.63, 3.8) is 0 Å². The quantitative estimate of drug-likeness (QED) is 0.351. The maximum atomic E-state index is 11.7. The average Bonchev–Trinajstić information content (AvgIpc) is 2.41. The lowest BCUT2D eigenvalue weighted by atomic mass is 10.1. The lowest BCUT2D eigenvalue weighted by Crippen LogP contribution is -2.09. The number of ether oxygens (including phenoxy) is 1. The fourth-order valence-electron chi connectivity index (χ4n) is 1.52. The molecule has 0 aliphatic rings. The maximum absolute atomic E-state index is 11.7. The lowest BCUT2D eigenvalue weighted by molar-refractivity contribution is -0.133. The number of esters is 1. The molecule has 19 heavy (non-hydrogen) atoms. The molecule has 0 saturated heterocycles. The van der Waals surface area contributed by atoms with E-state index in [-0.39, 0.29) is 6.61 Å². The van der Waals surface area contributed by atoms with Crippen molar-refractivity contribution < 1.29 is 14.4 Å². The summed E-state index contributed by atoms with van der Waals surface area (Å²) >= 11 is 0. The number of allylic oxidation sites excluding steroid dienone is 1. The fourth-order valence-corrected chi connectivity index (χ4v) is 1.52. The molecule has 102 valence electrons. The van der Waals surface area contributed by atoms with E-state index in [9.17, 15) is 4.79 Å². The van der Waals surface area contributed by atoms with Gasteiger partial charge in [-0.05, 0) is 20.8 Å². The standard InChI is InChI=1S/C13H17N3O3/c1-5-10(13(17)18-4)11-7-14-9(3)16-12(11)8-19-15-6-2/h5-7H,8H2,1-4H3/b10-5+,15-6?. The summed E-state index contributed by atoms with van der Waals surface area (Å²) in [6.07, 6.45) is 4.78. The molecule has 0 N–H and O–H groups in total. The Morgan fingerprint density at radius 3 is 2.79 bits per heavy atom. The Balaban J connectivity index is 3.14. The molecule has 1 heterocycles. The molecule has 0 amide bonds. The third-order valence-electron chi connectivity index (χ3n) is 2.35. The van der Waals surface area contributed by atoms with Crippen molar-refractivity contribution in [2.24, 2.45) is 5.16 Å². The van der Waals surface area contributed by atoms with Crippen LogP contribution in [0, 0.1) is 6.92 Å². The highest BCUT2D eigenvalue weighted by Crippen LogP contribution is 2.19. The molecular weight excluding hydrogens is 246 g/mol. The van der Waals surface area contributed by atoms with E-state index in [1.807, 2.05) is 0 Å². The Bertz CT molecular complexity index is 510. The van der Waals surface area contributed by atoms with E-state index in [0.29, 0.717) is 22.7 Å². The number of hydrogen-bond donors (Lipinski definition) is 0. The normalized spacial score (nSPS) is 11.7. The second-order valence-corrected chi connectivity index (χ2v) is 3.61. The molecule has 0 aliphatic heterocycles. The third kappa shape index (κ3) is 3.87. The van der Waals surface area contributed by atoms with Gasteiger partial charge in [-0.15, -0.1) is 0 Å². The van der Waals surface area contributed by atoms with Crippen LogP contribution in [0.5, 0.6) is 0 Å². The fraction of sp³-hybridized carbons (Fsp3) is 0.385. The first-order chi connectivity index (χ1) is 9.13. The van der Waals surface area contributed by atoms with Gasteiger partial charge in [-0.3, -0.25) is 0 Å². The Morgan fingerprint density at radius 2 is 2.21 bits per heavy atom. The minimum Gasteiger partial charge on any atom is -0.465 e. The van der Waals surface area contributed by atoms with Crippen molar-refractivity contribution in [2.75, 3.05) is 7.11 Å². The van der Waals surface area contributed by atoms with Gasteiger partial charge in [0.1, 0.15) is 5.82 Å². The van der Waals surface area contributed by atoms with Crippen molar-refractivity contribution in [3.8, 4) is 0 Å². The molecule has 6 nitrogen and oxygen atoms in total. The molecule has 1 aromatic heterocycles. The first-order valence-electron chi connectivity index (χ1n) is 5.81. The molecule has 0 bridgehead atoms. The summed E-state index contributed by atoms with van der Waals surface area (Å²) < 4.78 is 4.74. The zero-order chi connectivity index (χ0) is 14.3. The largest absolute Gasteiger partial charge is 0.465 e. The van der Waals surface area contributed by atoms with Crippen LogP contribution in [-0.4, -0.2) is 29.3 Å². The molecule has 0 spiro atoms. The number of hydrogen-bond acceptors (Lipinski definition) is 6. The zero-order valence-electron chi connectivity index (χ0n) is 11.5. The molecule has 1 rings (SSSR count). The lowest BCUT2D eigenvalue weighted by Gasteiger charge is -2.10. The van der Waals surface area contributed by atoms with Gasteiger partial charge in [0, 0.05) is 18.0 Å². The van der Waals surface area contributed by atoms with E-state index in [1.54, 1.807) is 33.0 Å². The van der Waals surface area contributed by atoms with E-state index < -0.39 is 5.97 Å². The first-order valence-corrected chi connectivity index (χ1v) is 5.81. The summed E-state index contributed by atoms with van der Waals surface area (Å²) in [5.74, 6) is 0.165. The predicted molar refractivity (Wildman–Crippen MR) is 71.4 cm³/mol.